The van der Waals surface area contributed by atoms with Gasteiger partial charge in [-0.25, -0.2) is 0 Å². The summed E-state index contributed by atoms with van der Waals surface area (Å²) in [5.41, 5.74) is 6.90. The number of hydrogen-bond acceptors (Lipinski definition) is 5. The van der Waals surface area contributed by atoms with Gasteiger partial charge in [0.25, 0.3) is 0 Å². The average molecular weight is 345 g/mol. The first-order valence-corrected chi connectivity index (χ1v) is 7.20. The second-order valence-corrected chi connectivity index (χ2v) is 5.37. The normalized spacial score (nSPS) is 20.8. The number of ether oxygens (including phenoxy) is 1. The minimum Gasteiger partial charge on any atom is -0.461 e. The Morgan fingerprint density at radius 2 is 1.88 bits per heavy atom. The van der Waals surface area contributed by atoms with E-state index in [-0.39, 0.29) is 30.2 Å². The van der Waals surface area contributed by atoms with E-state index in [1.54, 1.807) is 6.92 Å². The zero-order valence-corrected chi connectivity index (χ0v) is 13.0. The van der Waals surface area contributed by atoms with E-state index in [0.717, 1.165) is 5.56 Å². The maximum atomic E-state index is 11.9. The molecule has 1 fully saturated rings. The van der Waals surface area contributed by atoms with Crippen LogP contribution < -0.4 is 5.73 Å². The predicted octanol–water partition coefficient (Wildman–Crippen LogP) is 1.82. The molecule has 0 saturated carbocycles. The van der Waals surface area contributed by atoms with Crippen molar-refractivity contribution in [3.63, 3.8) is 0 Å². The number of hydrogen-bond donors (Lipinski definition) is 1. The Kier molecular flexibility index (Phi) is 7.09. The fourth-order valence-corrected chi connectivity index (χ4v) is 2.07. The summed E-state index contributed by atoms with van der Waals surface area (Å²) in [6.07, 6.45) is -5.16. The van der Waals surface area contributed by atoms with E-state index in [9.17, 15) is 22.8 Å². The van der Waals surface area contributed by atoms with Crippen LogP contribution in [0.2, 0.25) is 0 Å². The van der Waals surface area contributed by atoms with Gasteiger partial charge >= 0.3 is 12.1 Å². The van der Waals surface area contributed by atoms with Gasteiger partial charge in [-0.1, -0.05) is 30.3 Å². The van der Waals surface area contributed by atoms with Crippen molar-refractivity contribution >= 4 is 18.0 Å². The number of aldehydes is 1. The molecule has 1 saturated heterocycles. The number of nitrogens with two attached hydrogens (primary N) is 1. The fourth-order valence-electron chi connectivity index (χ4n) is 2.07. The van der Waals surface area contributed by atoms with Crippen molar-refractivity contribution in [1.29, 1.82) is 0 Å². The number of ketones is 1. The molecular formula is C16H18F3NO4. The molecule has 24 heavy (non-hydrogen) atoms. The first-order valence-electron chi connectivity index (χ1n) is 7.20. The molecule has 8 heteroatoms. The Labute approximate surface area is 137 Å². The molecular weight excluding hydrogens is 327 g/mol. The molecule has 132 valence electrons. The summed E-state index contributed by atoms with van der Waals surface area (Å²) in [5.74, 6) is -0.672. The number of alkyl halides is 3. The zero-order chi connectivity index (χ0) is 18.3. The Morgan fingerprint density at radius 1 is 1.33 bits per heavy atom. The highest BCUT2D eigenvalue weighted by atomic mass is 19.4. The lowest BCUT2D eigenvalue weighted by Gasteiger charge is -2.32. The number of benzene rings is 1. The summed E-state index contributed by atoms with van der Waals surface area (Å²) in [5, 5.41) is 0. The Balaban J connectivity index is 0.000000413. The van der Waals surface area contributed by atoms with Crippen LogP contribution in [0.3, 0.4) is 0 Å². The number of halogens is 3. The van der Waals surface area contributed by atoms with Crippen LogP contribution in [0.15, 0.2) is 30.3 Å². The van der Waals surface area contributed by atoms with Gasteiger partial charge in [-0.15, -0.1) is 0 Å². The van der Waals surface area contributed by atoms with E-state index in [0.29, 0.717) is 6.42 Å². The van der Waals surface area contributed by atoms with Gasteiger partial charge in [-0.2, -0.15) is 13.2 Å². The molecule has 1 aliphatic heterocycles. The van der Waals surface area contributed by atoms with Crippen molar-refractivity contribution in [2.75, 3.05) is 0 Å². The Hall–Kier alpha value is -2.22. The molecule has 0 unspecified atom stereocenters. The maximum absolute atomic E-state index is 11.9. The second kappa shape index (κ2) is 8.58. The molecule has 0 radical (unpaired) electrons. The molecule has 0 aromatic heterocycles. The predicted molar refractivity (Wildman–Crippen MR) is 78.9 cm³/mol. The lowest BCUT2D eigenvalue weighted by Crippen LogP contribution is -2.46. The third-order valence-corrected chi connectivity index (χ3v) is 3.44. The third-order valence-electron chi connectivity index (χ3n) is 3.44. The minimum atomic E-state index is -4.64. The van der Waals surface area contributed by atoms with Gasteiger partial charge in [0, 0.05) is 6.42 Å². The van der Waals surface area contributed by atoms with Crippen LogP contribution in [0.5, 0.6) is 0 Å². The Morgan fingerprint density at radius 3 is 2.29 bits per heavy atom. The van der Waals surface area contributed by atoms with Crippen LogP contribution in [0.1, 0.15) is 18.9 Å². The van der Waals surface area contributed by atoms with Gasteiger partial charge in [0.2, 0.25) is 6.29 Å². The van der Waals surface area contributed by atoms with Crippen molar-refractivity contribution in [2.24, 2.45) is 11.7 Å². The lowest BCUT2D eigenvalue weighted by molar-refractivity contribution is -0.183. The molecule has 0 bridgehead atoms. The van der Waals surface area contributed by atoms with Crippen LogP contribution in [0, 0.1) is 5.92 Å². The van der Waals surface area contributed by atoms with Crippen LogP contribution in [0.25, 0.3) is 0 Å². The molecule has 0 spiro atoms. The van der Waals surface area contributed by atoms with E-state index < -0.39 is 18.5 Å². The van der Waals surface area contributed by atoms with Crippen LogP contribution >= 0.6 is 0 Å². The minimum absolute atomic E-state index is 0.0765. The molecule has 2 N–H and O–H groups in total. The highest BCUT2D eigenvalue weighted by Gasteiger charge is 2.40. The standard InChI is InChI=1S/C14H17NO3.C2HF3O/c1-9-11(14(17)18-9)8-13(16)12(15)7-10-5-3-2-4-6-10;3-2(4,5)1-6/h2-6,9,11-12H,7-8,15H2,1H3;1H/t9-,11+,12-;/m1./s1. The smallest absolute Gasteiger partial charge is 0.446 e. The topological polar surface area (TPSA) is 86.5 Å². The summed E-state index contributed by atoms with van der Waals surface area (Å²) >= 11 is 0. The van der Waals surface area contributed by atoms with Crippen molar-refractivity contribution in [1.82, 2.24) is 0 Å². The lowest BCUT2D eigenvalue weighted by atomic mass is 9.89. The number of esters is 1. The number of Topliss-reactive ketones (excluding diaryl/α,β-unsaturated/α-hetero) is 1. The first kappa shape index (κ1) is 19.8. The average Bonchev–Trinajstić information content (AvgIpc) is 2.53. The van der Waals surface area contributed by atoms with E-state index in [4.69, 9.17) is 15.3 Å². The SMILES string of the molecule is C[C@H]1OC(=O)[C@H]1CC(=O)[C@H](N)Cc1ccccc1.O=CC(F)(F)F. The molecule has 2 rings (SSSR count). The van der Waals surface area contributed by atoms with Crippen molar-refractivity contribution < 1.29 is 32.3 Å². The van der Waals surface area contributed by atoms with Crippen LogP contribution in [-0.4, -0.2) is 36.4 Å². The Bertz CT molecular complexity index is 574. The van der Waals surface area contributed by atoms with Gasteiger partial charge in [0.05, 0.1) is 6.04 Å². The molecule has 5 nitrogen and oxygen atoms in total. The largest absolute Gasteiger partial charge is 0.461 e. The molecule has 1 heterocycles. The van der Waals surface area contributed by atoms with Crippen molar-refractivity contribution in [3.8, 4) is 0 Å². The molecule has 1 aromatic rings. The van der Waals surface area contributed by atoms with Gasteiger partial charge in [-0.3, -0.25) is 14.4 Å². The summed E-state index contributed by atoms with van der Waals surface area (Å²) < 4.78 is 36.1. The molecule has 0 aliphatic carbocycles. The van der Waals surface area contributed by atoms with Crippen LogP contribution in [-0.2, 0) is 25.5 Å². The summed E-state index contributed by atoms with van der Waals surface area (Å²) in [6.45, 7) is 1.79. The van der Waals surface area contributed by atoms with Gasteiger partial charge in [0.1, 0.15) is 12.0 Å². The molecule has 3 atom stereocenters. The van der Waals surface area contributed by atoms with Crippen molar-refractivity contribution in [2.45, 2.75) is 38.1 Å². The number of cyclic esters (lactones) is 1. The first-order chi connectivity index (χ1) is 11.1. The monoisotopic (exact) mass is 345 g/mol. The van der Waals surface area contributed by atoms with Crippen LogP contribution in [0.4, 0.5) is 13.2 Å². The highest BCUT2D eigenvalue weighted by Crippen LogP contribution is 2.25. The molecule has 1 aromatic carbocycles. The number of carbonyl (C=O) groups is 3. The highest BCUT2D eigenvalue weighted by molar-refractivity contribution is 5.90. The molecule has 1 aliphatic rings. The summed E-state index contributed by atoms with van der Waals surface area (Å²) in [7, 11) is 0. The van der Waals surface area contributed by atoms with E-state index in [1.165, 1.54) is 0 Å². The van der Waals surface area contributed by atoms with E-state index >= 15 is 0 Å². The quantitative estimate of drug-likeness (QED) is 0.650. The maximum Gasteiger partial charge on any atom is 0.446 e. The third kappa shape index (κ3) is 6.49. The summed E-state index contributed by atoms with van der Waals surface area (Å²) in [4.78, 5) is 31.8. The number of carbonyl (C=O) groups excluding carboxylic acids is 3. The van der Waals surface area contributed by atoms with Gasteiger partial charge < -0.3 is 10.5 Å². The van der Waals surface area contributed by atoms with Gasteiger partial charge in [-0.05, 0) is 18.9 Å². The van der Waals surface area contributed by atoms with Crippen molar-refractivity contribution in [3.05, 3.63) is 35.9 Å². The summed E-state index contributed by atoms with van der Waals surface area (Å²) in [6, 6.07) is 9.08. The number of rotatable bonds is 5. The fraction of sp³-hybridized carbons (Fsp3) is 0.438. The second-order valence-electron chi connectivity index (χ2n) is 5.37. The van der Waals surface area contributed by atoms with E-state index in [2.05, 4.69) is 0 Å². The molecule has 0 amide bonds. The van der Waals surface area contributed by atoms with Gasteiger partial charge in [0.15, 0.2) is 5.78 Å². The zero-order valence-electron chi connectivity index (χ0n) is 13.0. The van der Waals surface area contributed by atoms with E-state index in [1.807, 2.05) is 30.3 Å².